The number of amides is 1. The first-order chi connectivity index (χ1) is 15.4. The SMILES string of the molecule is COc1cc(NC(=O)CSc2nnc3[nH]c4cc(C)cc(C)c4c3n2)cc(OC)c1OC. The number of H-pyrrole nitrogens is 1. The molecule has 166 valence electrons. The fraction of sp³-hybridized carbons (Fsp3) is 0.273. The molecule has 0 unspecified atom stereocenters. The van der Waals surface area contributed by atoms with Crippen LogP contribution in [0.1, 0.15) is 11.1 Å². The number of rotatable bonds is 7. The number of nitrogens with one attached hydrogen (secondary N) is 2. The van der Waals surface area contributed by atoms with Crippen LogP contribution in [0, 0.1) is 13.8 Å². The number of fused-ring (bicyclic) bond motifs is 3. The first kappa shape index (κ1) is 21.7. The van der Waals surface area contributed by atoms with Crippen LogP contribution < -0.4 is 19.5 Å². The van der Waals surface area contributed by atoms with Crippen molar-refractivity contribution in [2.24, 2.45) is 0 Å². The molecule has 2 aromatic heterocycles. The minimum Gasteiger partial charge on any atom is -0.493 e. The molecule has 0 aliphatic carbocycles. The van der Waals surface area contributed by atoms with Gasteiger partial charge in [-0.15, -0.1) is 10.2 Å². The van der Waals surface area contributed by atoms with Crippen LogP contribution in [0.5, 0.6) is 17.2 Å². The topological polar surface area (TPSA) is 111 Å². The van der Waals surface area contributed by atoms with Gasteiger partial charge in [0.1, 0.15) is 5.52 Å². The van der Waals surface area contributed by atoms with Crippen LogP contribution in [0.3, 0.4) is 0 Å². The number of hydrogen-bond acceptors (Lipinski definition) is 8. The van der Waals surface area contributed by atoms with E-state index in [4.69, 9.17) is 14.2 Å². The van der Waals surface area contributed by atoms with Crippen molar-refractivity contribution in [1.82, 2.24) is 20.2 Å². The maximum Gasteiger partial charge on any atom is 0.234 e. The summed E-state index contributed by atoms with van der Waals surface area (Å²) in [4.78, 5) is 20.4. The maximum atomic E-state index is 12.5. The van der Waals surface area contributed by atoms with Crippen LogP contribution in [-0.4, -0.2) is 53.2 Å². The number of hydrogen-bond donors (Lipinski definition) is 2. The monoisotopic (exact) mass is 453 g/mol. The Kier molecular flexibility index (Phi) is 6.04. The Morgan fingerprint density at radius 1 is 1.03 bits per heavy atom. The normalized spacial score (nSPS) is 11.0. The van der Waals surface area contributed by atoms with Gasteiger partial charge in [-0.1, -0.05) is 17.8 Å². The van der Waals surface area contributed by atoms with Crippen LogP contribution in [-0.2, 0) is 4.79 Å². The minimum absolute atomic E-state index is 0.115. The first-order valence-electron chi connectivity index (χ1n) is 9.79. The molecule has 2 heterocycles. The molecule has 10 heteroatoms. The summed E-state index contributed by atoms with van der Waals surface area (Å²) >= 11 is 1.21. The fourth-order valence-electron chi connectivity index (χ4n) is 3.62. The van der Waals surface area contributed by atoms with E-state index in [-0.39, 0.29) is 11.7 Å². The van der Waals surface area contributed by atoms with E-state index in [2.05, 4.69) is 37.6 Å². The third-order valence-corrected chi connectivity index (χ3v) is 5.76. The number of methoxy groups -OCH3 is 3. The maximum absolute atomic E-state index is 12.5. The number of aryl methyl sites for hydroxylation is 2. The molecule has 32 heavy (non-hydrogen) atoms. The van der Waals surface area contributed by atoms with Gasteiger partial charge in [0.2, 0.25) is 16.8 Å². The Hall–Kier alpha value is -3.53. The van der Waals surface area contributed by atoms with Gasteiger partial charge in [0, 0.05) is 28.7 Å². The first-order valence-corrected chi connectivity index (χ1v) is 10.8. The van der Waals surface area contributed by atoms with E-state index in [1.165, 1.54) is 33.1 Å². The molecule has 0 spiro atoms. The van der Waals surface area contributed by atoms with E-state index >= 15 is 0 Å². The van der Waals surface area contributed by atoms with Crippen molar-refractivity contribution in [2.45, 2.75) is 19.0 Å². The lowest BCUT2D eigenvalue weighted by molar-refractivity contribution is -0.113. The number of carbonyl (C=O) groups is 1. The second kappa shape index (κ2) is 8.91. The van der Waals surface area contributed by atoms with E-state index < -0.39 is 0 Å². The van der Waals surface area contributed by atoms with Crippen molar-refractivity contribution in [3.8, 4) is 17.2 Å². The molecule has 4 aromatic rings. The number of thioether (sulfide) groups is 1. The van der Waals surface area contributed by atoms with Crippen molar-refractivity contribution in [2.75, 3.05) is 32.4 Å². The number of nitrogens with zero attached hydrogens (tertiary/aromatic N) is 3. The molecule has 9 nitrogen and oxygen atoms in total. The van der Waals surface area contributed by atoms with E-state index in [0.717, 1.165) is 27.5 Å². The van der Waals surface area contributed by atoms with Gasteiger partial charge in [-0.3, -0.25) is 4.79 Å². The molecule has 0 radical (unpaired) electrons. The predicted molar refractivity (Wildman–Crippen MR) is 124 cm³/mol. The van der Waals surface area contributed by atoms with E-state index in [9.17, 15) is 4.79 Å². The third-order valence-electron chi connectivity index (χ3n) is 4.92. The molecule has 2 aromatic carbocycles. The zero-order valence-electron chi connectivity index (χ0n) is 18.4. The molecule has 1 amide bonds. The molecular formula is C22H23N5O4S. The second-order valence-electron chi connectivity index (χ2n) is 7.17. The summed E-state index contributed by atoms with van der Waals surface area (Å²) in [6.07, 6.45) is 0. The highest BCUT2D eigenvalue weighted by Gasteiger charge is 2.16. The van der Waals surface area contributed by atoms with Crippen LogP contribution in [0.4, 0.5) is 5.69 Å². The molecule has 0 aliphatic heterocycles. The van der Waals surface area contributed by atoms with Crippen molar-refractivity contribution in [1.29, 1.82) is 0 Å². The molecule has 0 atom stereocenters. The van der Waals surface area contributed by atoms with Gasteiger partial charge in [0.05, 0.1) is 27.1 Å². The highest BCUT2D eigenvalue weighted by atomic mass is 32.2. The van der Waals surface area contributed by atoms with Crippen LogP contribution in [0.2, 0.25) is 0 Å². The molecule has 0 saturated heterocycles. The van der Waals surface area contributed by atoms with Crippen molar-refractivity contribution < 1.29 is 19.0 Å². The Morgan fingerprint density at radius 2 is 1.75 bits per heavy atom. The van der Waals surface area contributed by atoms with Gasteiger partial charge in [-0.25, -0.2) is 4.98 Å². The van der Waals surface area contributed by atoms with Gasteiger partial charge in [-0.2, -0.15) is 0 Å². The Bertz CT molecular complexity index is 1300. The molecule has 0 aliphatic rings. The number of aromatic amines is 1. The second-order valence-corrected chi connectivity index (χ2v) is 8.11. The van der Waals surface area contributed by atoms with Crippen LogP contribution in [0.25, 0.3) is 22.1 Å². The highest BCUT2D eigenvalue weighted by molar-refractivity contribution is 7.99. The summed E-state index contributed by atoms with van der Waals surface area (Å²) in [5.74, 6) is 1.26. The molecule has 2 N–H and O–H groups in total. The number of benzene rings is 2. The van der Waals surface area contributed by atoms with E-state index in [1.807, 2.05) is 13.8 Å². The quantitative estimate of drug-likeness (QED) is 0.406. The largest absolute Gasteiger partial charge is 0.493 e. The molecule has 0 fully saturated rings. The number of ether oxygens (including phenoxy) is 3. The van der Waals surface area contributed by atoms with Gasteiger partial charge in [0.25, 0.3) is 0 Å². The summed E-state index contributed by atoms with van der Waals surface area (Å²) in [6.45, 7) is 4.09. The molecule has 4 rings (SSSR count). The Balaban J connectivity index is 1.51. The Morgan fingerprint density at radius 3 is 2.41 bits per heavy atom. The number of carbonyl (C=O) groups excluding carboxylic acids is 1. The van der Waals surface area contributed by atoms with Gasteiger partial charge in [-0.05, 0) is 31.0 Å². The third kappa shape index (κ3) is 4.13. The molecule has 0 bridgehead atoms. The zero-order chi connectivity index (χ0) is 22.8. The smallest absolute Gasteiger partial charge is 0.234 e. The lowest BCUT2D eigenvalue weighted by Crippen LogP contribution is -2.14. The molecular weight excluding hydrogens is 430 g/mol. The van der Waals surface area contributed by atoms with Crippen LogP contribution >= 0.6 is 11.8 Å². The predicted octanol–water partition coefficient (Wildman–Crippen LogP) is 3.88. The van der Waals surface area contributed by atoms with Gasteiger partial charge < -0.3 is 24.5 Å². The summed E-state index contributed by atoms with van der Waals surface area (Å²) in [5.41, 5.74) is 5.15. The van der Waals surface area contributed by atoms with Crippen LogP contribution in [0.15, 0.2) is 29.4 Å². The Labute approximate surface area is 188 Å². The minimum atomic E-state index is -0.223. The van der Waals surface area contributed by atoms with Gasteiger partial charge in [0.15, 0.2) is 17.1 Å². The summed E-state index contributed by atoms with van der Waals surface area (Å²) in [5, 5.41) is 12.7. The summed E-state index contributed by atoms with van der Waals surface area (Å²) in [6, 6.07) is 7.51. The zero-order valence-corrected chi connectivity index (χ0v) is 19.2. The fourth-order valence-corrected chi connectivity index (χ4v) is 4.21. The standard InChI is InChI=1S/C22H23N5O4S/c1-11-6-12(2)18-14(7-11)24-21-19(18)25-22(27-26-21)32-10-17(28)23-13-8-15(29-3)20(31-5)16(9-13)30-4/h6-9H,10H2,1-5H3,(H,23,28)(H,24,26). The number of anilines is 1. The molecule has 0 saturated carbocycles. The van der Waals surface area contributed by atoms with E-state index in [1.54, 1.807) is 12.1 Å². The summed E-state index contributed by atoms with van der Waals surface area (Å²) < 4.78 is 16.0. The highest BCUT2D eigenvalue weighted by Crippen LogP contribution is 2.40. The number of aromatic nitrogens is 4. The van der Waals surface area contributed by atoms with E-state index in [0.29, 0.717) is 33.7 Å². The van der Waals surface area contributed by atoms with Crippen molar-refractivity contribution in [3.63, 3.8) is 0 Å². The average molecular weight is 454 g/mol. The lowest BCUT2D eigenvalue weighted by Gasteiger charge is -2.14. The van der Waals surface area contributed by atoms with Crippen molar-refractivity contribution >= 4 is 45.4 Å². The lowest BCUT2D eigenvalue weighted by atomic mass is 10.1. The van der Waals surface area contributed by atoms with Crippen molar-refractivity contribution in [3.05, 3.63) is 35.4 Å². The van der Waals surface area contributed by atoms with Gasteiger partial charge >= 0.3 is 0 Å². The summed E-state index contributed by atoms with van der Waals surface area (Å²) in [7, 11) is 4.57. The average Bonchev–Trinajstić information content (AvgIpc) is 3.14.